The molecule has 0 aromatic carbocycles. The predicted molar refractivity (Wildman–Crippen MR) is 34.2 cm³/mol. The van der Waals surface area contributed by atoms with Crippen molar-refractivity contribution in [3.63, 3.8) is 0 Å². The minimum absolute atomic E-state index is 0.141. The topological polar surface area (TPSA) is 57.5 Å². The average molecular weight is 156 g/mol. The maximum atomic E-state index is 11.2. The summed E-state index contributed by atoms with van der Waals surface area (Å²) in [5, 5.41) is 0.261. The van der Waals surface area contributed by atoms with Gasteiger partial charge in [0.15, 0.2) is 0 Å². The molecule has 0 spiro atoms. The van der Waals surface area contributed by atoms with Crippen LogP contribution in [0.2, 0.25) is 0 Å². The van der Waals surface area contributed by atoms with Crippen LogP contribution in [0.25, 0.3) is 0 Å². The van der Waals surface area contributed by atoms with Gasteiger partial charge in [-0.25, -0.2) is 8.60 Å². The lowest BCUT2D eigenvalue weighted by atomic mass is 11.0. The van der Waals surface area contributed by atoms with Gasteiger partial charge in [-0.1, -0.05) is 6.92 Å². The molecule has 0 aliphatic rings. The fraction of sp³-hybridized carbons (Fsp3) is 0.500. The minimum atomic E-state index is -4.71. The lowest BCUT2D eigenvalue weighted by Gasteiger charge is -2.23. The van der Waals surface area contributed by atoms with E-state index in [0.29, 0.717) is 0 Å². The molecule has 0 rings (SSSR count). The Kier molecular flexibility index (Phi) is 2.10. The van der Waals surface area contributed by atoms with Crippen LogP contribution in [0.5, 0.6) is 0 Å². The van der Waals surface area contributed by atoms with Gasteiger partial charge in [-0.05, 0) is 0 Å². The van der Waals surface area contributed by atoms with E-state index in [1.54, 1.807) is 0 Å². The average Bonchev–Trinajstić information content (AvgIpc) is 1.66. The summed E-state index contributed by atoms with van der Waals surface area (Å²) >= 11 is 0. The molecule has 0 atom stereocenters. The number of rotatable bonds is 2. The molecule has 0 aromatic rings. The van der Waals surface area contributed by atoms with Gasteiger partial charge in [-0.3, -0.25) is 0 Å². The van der Waals surface area contributed by atoms with Crippen LogP contribution in [0.4, 0.5) is 4.39 Å². The molecule has 0 bridgehead atoms. The lowest BCUT2D eigenvalue weighted by Crippen LogP contribution is -2.30. The van der Waals surface area contributed by atoms with E-state index in [0.717, 1.165) is 0 Å². The van der Waals surface area contributed by atoms with Gasteiger partial charge in [-0.2, -0.15) is 0 Å². The summed E-state index contributed by atoms with van der Waals surface area (Å²) in [7, 11) is -4.71. The Morgan fingerprint density at radius 1 is 1.67 bits per heavy atom. The molecule has 0 heterocycles. The summed E-state index contributed by atoms with van der Waals surface area (Å²) in [6, 6.07) is 0. The standard InChI is InChI=1S/C4H9FO3S/c1-2-9(6,7,8)4-3-5/h3-4H,2H2,1H3,(H2,6,7,8). The second-order valence-electron chi connectivity index (χ2n) is 1.63. The van der Waals surface area contributed by atoms with Gasteiger partial charge in [0, 0.05) is 5.75 Å². The van der Waals surface area contributed by atoms with Gasteiger partial charge >= 0.3 is 0 Å². The van der Waals surface area contributed by atoms with Crippen molar-refractivity contribution in [1.82, 2.24) is 0 Å². The normalized spacial score (nSPS) is 17.6. The Morgan fingerprint density at radius 3 is 2.22 bits per heavy atom. The highest BCUT2D eigenvalue weighted by molar-refractivity contribution is 8.12. The number of hydrogen-bond acceptors (Lipinski definition) is 1. The molecule has 56 valence electrons. The van der Waals surface area contributed by atoms with E-state index >= 15 is 0 Å². The third kappa shape index (κ3) is 3.34. The lowest BCUT2D eigenvalue weighted by molar-refractivity contribution is 0.404. The van der Waals surface area contributed by atoms with E-state index in [2.05, 4.69) is 0 Å². The molecule has 0 aliphatic carbocycles. The van der Waals surface area contributed by atoms with E-state index in [4.69, 9.17) is 9.11 Å². The van der Waals surface area contributed by atoms with E-state index in [1.807, 2.05) is 0 Å². The first-order chi connectivity index (χ1) is 3.89. The van der Waals surface area contributed by atoms with Gasteiger partial charge in [0.2, 0.25) is 0 Å². The number of hydrogen-bond donors (Lipinski definition) is 2. The van der Waals surface area contributed by atoms with Crippen LogP contribution >= 0.6 is 0 Å². The van der Waals surface area contributed by atoms with Gasteiger partial charge in [0.05, 0.1) is 11.7 Å². The summed E-state index contributed by atoms with van der Waals surface area (Å²) in [5.74, 6) is -0.391. The maximum Gasteiger partial charge on any atom is 0.104 e. The molecule has 0 aliphatic heterocycles. The molecule has 3 nitrogen and oxygen atoms in total. The largest absolute Gasteiger partial charge is 0.305 e. The number of halogens is 1. The van der Waals surface area contributed by atoms with Crippen molar-refractivity contribution in [1.29, 1.82) is 0 Å². The monoisotopic (exact) mass is 156 g/mol. The Morgan fingerprint density at radius 2 is 2.11 bits per heavy atom. The molecular formula is C4H9FO3S. The zero-order valence-electron chi connectivity index (χ0n) is 4.95. The van der Waals surface area contributed by atoms with E-state index < -0.39 is 15.4 Å². The van der Waals surface area contributed by atoms with E-state index in [1.165, 1.54) is 6.92 Å². The van der Waals surface area contributed by atoms with Crippen molar-refractivity contribution in [2.24, 2.45) is 0 Å². The molecule has 0 amide bonds. The van der Waals surface area contributed by atoms with Crippen molar-refractivity contribution in [3.8, 4) is 0 Å². The maximum absolute atomic E-state index is 11.2. The van der Waals surface area contributed by atoms with Crippen molar-refractivity contribution >= 4 is 9.63 Å². The summed E-state index contributed by atoms with van der Waals surface area (Å²) in [5.41, 5.74) is 0. The molecule has 9 heavy (non-hydrogen) atoms. The molecule has 5 heteroatoms. The van der Waals surface area contributed by atoms with Crippen LogP contribution in [0.1, 0.15) is 6.92 Å². The van der Waals surface area contributed by atoms with E-state index in [9.17, 15) is 8.60 Å². The van der Waals surface area contributed by atoms with Crippen LogP contribution < -0.4 is 0 Å². The van der Waals surface area contributed by atoms with Crippen LogP contribution in [0.15, 0.2) is 11.7 Å². The zero-order chi connectivity index (χ0) is 7.57. The summed E-state index contributed by atoms with van der Waals surface area (Å²) in [6.45, 7) is 1.29. The Balaban J connectivity index is 4.53. The molecule has 2 N–H and O–H groups in total. The second kappa shape index (κ2) is 2.17. The van der Waals surface area contributed by atoms with Gasteiger partial charge in [0.25, 0.3) is 0 Å². The summed E-state index contributed by atoms with van der Waals surface area (Å²) in [4.78, 5) is 0. The summed E-state index contributed by atoms with van der Waals surface area (Å²) in [6.07, 6.45) is -0.141. The Bertz CT molecular complexity index is 180. The predicted octanol–water partition coefficient (Wildman–Crippen LogP) is 1.21. The van der Waals surface area contributed by atoms with Crippen molar-refractivity contribution < 1.29 is 17.7 Å². The molecule has 0 unspecified atom stereocenters. The third-order valence-electron chi connectivity index (χ3n) is 0.868. The van der Waals surface area contributed by atoms with Gasteiger partial charge in [-0.15, -0.1) is 0 Å². The highest BCUT2D eigenvalue weighted by Crippen LogP contribution is 2.16. The van der Waals surface area contributed by atoms with E-state index in [-0.39, 0.29) is 11.7 Å². The SMILES string of the molecule is CCS(=O)(O)(O)C=CF. The van der Waals surface area contributed by atoms with Crippen LogP contribution in [-0.4, -0.2) is 19.1 Å². The first-order valence-electron chi connectivity index (χ1n) is 2.31. The van der Waals surface area contributed by atoms with Crippen molar-refractivity contribution in [3.05, 3.63) is 11.7 Å². The Hall–Kier alpha value is -0.260. The van der Waals surface area contributed by atoms with Crippen molar-refractivity contribution in [2.75, 3.05) is 5.75 Å². The molecular weight excluding hydrogens is 147 g/mol. The van der Waals surface area contributed by atoms with Crippen LogP contribution in [0.3, 0.4) is 0 Å². The Labute approximate surface area is 52.6 Å². The van der Waals surface area contributed by atoms with Crippen molar-refractivity contribution in [2.45, 2.75) is 6.92 Å². The van der Waals surface area contributed by atoms with Crippen LogP contribution in [0, 0.1) is 0 Å². The highest BCUT2D eigenvalue weighted by atomic mass is 32.3. The molecule has 0 fully saturated rings. The molecule has 0 saturated heterocycles. The fourth-order valence-corrected chi connectivity index (χ4v) is 0.599. The smallest absolute Gasteiger partial charge is 0.104 e. The summed E-state index contributed by atoms with van der Waals surface area (Å²) < 4.78 is 38.9. The minimum Gasteiger partial charge on any atom is -0.305 e. The van der Waals surface area contributed by atoms with Crippen LogP contribution in [-0.2, 0) is 9.63 Å². The highest BCUT2D eigenvalue weighted by Gasteiger charge is 2.22. The second-order valence-corrected chi connectivity index (χ2v) is 4.64. The first-order valence-corrected chi connectivity index (χ1v) is 4.43. The van der Waals surface area contributed by atoms with Gasteiger partial charge < -0.3 is 9.11 Å². The third-order valence-corrected chi connectivity index (χ3v) is 2.60. The fourth-order valence-electron chi connectivity index (χ4n) is 0.200. The quantitative estimate of drug-likeness (QED) is 0.631. The molecule has 0 saturated carbocycles. The molecule has 0 radical (unpaired) electrons. The molecule has 0 aromatic heterocycles. The van der Waals surface area contributed by atoms with Gasteiger partial charge in [0.1, 0.15) is 9.63 Å². The zero-order valence-corrected chi connectivity index (χ0v) is 5.77. The first kappa shape index (κ1) is 8.74.